The van der Waals surface area contributed by atoms with Crippen LogP contribution in [0, 0.1) is 0 Å². The van der Waals surface area contributed by atoms with E-state index in [0.717, 1.165) is 38.5 Å². The summed E-state index contributed by atoms with van der Waals surface area (Å²) < 4.78 is 23.1. The molecule has 2 unspecified atom stereocenters. The number of rotatable bonds is 92. The van der Waals surface area contributed by atoms with Crippen molar-refractivity contribution in [3.05, 3.63) is 12.2 Å². The summed E-state index contributed by atoms with van der Waals surface area (Å²) in [7, 11) is 6.01. The lowest BCUT2D eigenvalue weighted by atomic mass is 10.0. The van der Waals surface area contributed by atoms with Crippen molar-refractivity contribution in [2.75, 3.05) is 47.5 Å². The minimum Gasteiger partial charge on any atom is -0.477 e. The summed E-state index contributed by atoms with van der Waals surface area (Å²) in [4.78, 5) is 37.9. The molecule has 0 aliphatic rings. The van der Waals surface area contributed by atoms with Gasteiger partial charge < -0.3 is 28.5 Å². The molecule has 0 saturated carbocycles. The standard InChI is InChI=1S/C96H187NO8/c1-6-8-10-12-14-16-18-20-22-24-26-28-30-32-34-36-38-40-42-44-46-47-49-51-53-55-57-59-61-63-65-67-69-71-73-75-77-79-81-83-85-87-94(99)105-92(91-104-96(95(100)101)102-89-88-97(3,4)5)90-103-93(98)86-84-82-80-78-76-74-72-70-68-66-64-62-60-58-56-54-52-50-48-45-43-41-39-37-35-33-31-29-27-25-23-21-19-17-15-13-11-9-7-2/h24,26,92,96H,6-23,25,27-91H2,1-5H3/p+1/b26-24-. The maximum atomic E-state index is 13.0. The summed E-state index contributed by atoms with van der Waals surface area (Å²) in [5.74, 6) is -1.96. The Morgan fingerprint density at radius 3 is 0.705 bits per heavy atom. The molecule has 0 radical (unpaired) electrons. The number of carboxylic acids is 1. The summed E-state index contributed by atoms with van der Waals surface area (Å²) in [5, 5.41) is 9.80. The van der Waals surface area contributed by atoms with Crippen LogP contribution in [0.3, 0.4) is 0 Å². The van der Waals surface area contributed by atoms with E-state index in [9.17, 15) is 19.5 Å². The van der Waals surface area contributed by atoms with Crippen LogP contribution in [0.25, 0.3) is 0 Å². The summed E-state index contributed by atoms with van der Waals surface area (Å²) in [5.41, 5.74) is 0. The Balaban J connectivity index is 3.84. The van der Waals surface area contributed by atoms with Crippen molar-refractivity contribution in [3.8, 4) is 0 Å². The first-order valence-corrected chi connectivity index (χ1v) is 47.9. The van der Waals surface area contributed by atoms with Crippen LogP contribution in [0.1, 0.15) is 528 Å². The van der Waals surface area contributed by atoms with Gasteiger partial charge in [-0.15, -0.1) is 0 Å². The first-order chi connectivity index (χ1) is 51.6. The number of ether oxygens (including phenoxy) is 4. The van der Waals surface area contributed by atoms with Crippen LogP contribution in [-0.4, -0.2) is 87.4 Å². The van der Waals surface area contributed by atoms with Gasteiger partial charge in [0.1, 0.15) is 13.2 Å². The van der Waals surface area contributed by atoms with Crippen molar-refractivity contribution in [1.29, 1.82) is 0 Å². The fraction of sp³-hybridized carbons (Fsp3) is 0.948. The molecule has 0 rings (SSSR count). The number of hydrogen-bond donors (Lipinski definition) is 1. The van der Waals surface area contributed by atoms with Gasteiger partial charge in [0, 0.05) is 12.8 Å². The molecule has 0 aromatic rings. The largest absolute Gasteiger partial charge is 0.477 e. The van der Waals surface area contributed by atoms with Gasteiger partial charge in [-0.3, -0.25) is 9.59 Å². The number of esters is 2. The van der Waals surface area contributed by atoms with E-state index in [1.807, 2.05) is 21.1 Å². The van der Waals surface area contributed by atoms with Gasteiger partial charge in [0.05, 0.1) is 34.4 Å². The van der Waals surface area contributed by atoms with Crippen LogP contribution in [0.5, 0.6) is 0 Å². The second kappa shape index (κ2) is 87.6. The van der Waals surface area contributed by atoms with Crippen LogP contribution >= 0.6 is 0 Å². The van der Waals surface area contributed by atoms with E-state index in [1.165, 1.54) is 462 Å². The maximum Gasteiger partial charge on any atom is 0.361 e. The highest BCUT2D eigenvalue weighted by atomic mass is 16.7. The van der Waals surface area contributed by atoms with E-state index >= 15 is 0 Å². The van der Waals surface area contributed by atoms with Crippen molar-refractivity contribution in [2.24, 2.45) is 0 Å². The molecule has 9 nitrogen and oxygen atoms in total. The Hall–Kier alpha value is -1.97. The van der Waals surface area contributed by atoms with E-state index in [1.54, 1.807) is 0 Å². The molecule has 0 aliphatic carbocycles. The molecule has 105 heavy (non-hydrogen) atoms. The minimum atomic E-state index is -1.51. The highest BCUT2D eigenvalue weighted by Crippen LogP contribution is 2.22. The summed E-state index contributed by atoms with van der Waals surface area (Å²) in [6, 6.07) is 0. The first kappa shape index (κ1) is 103. The zero-order valence-corrected chi connectivity index (χ0v) is 72.0. The van der Waals surface area contributed by atoms with Crippen LogP contribution in [-0.2, 0) is 33.3 Å². The van der Waals surface area contributed by atoms with Crippen molar-refractivity contribution >= 4 is 17.9 Å². The molecule has 0 saturated heterocycles. The van der Waals surface area contributed by atoms with Gasteiger partial charge in [-0.2, -0.15) is 0 Å². The molecule has 0 spiro atoms. The summed E-state index contributed by atoms with van der Waals surface area (Å²) in [6.07, 6.45) is 110. The zero-order chi connectivity index (χ0) is 76.0. The van der Waals surface area contributed by atoms with Gasteiger partial charge in [0.25, 0.3) is 6.29 Å². The molecule has 2 atom stereocenters. The molecule has 9 heteroatoms. The second-order valence-corrected chi connectivity index (χ2v) is 34.4. The van der Waals surface area contributed by atoms with Gasteiger partial charge in [-0.25, -0.2) is 4.79 Å². The lowest BCUT2D eigenvalue weighted by Gasteiger charge is -2.25. The van der Waals surface area contributed by atoms with Gasteiger partial charge in [0.2, 0.25) is 0 Å². The molecule has 0 aromatic heterocycles. The quantitative estimate of drug-likeness (QED) is 0.0211. The molecule has 0 fully saturated rings. The molecular formula is C96H188NO8+. The number of quaternary nitrogens is 1. The molecule has 0 aliphatic heterocycles. The van der Waals surface area contributed by atoms with Gasteiger partial charge in [0.15, 0.2) is 6.10 Å². The fourth-order valence-electron chi connectivity index (χ4n) is 15.3. The number of carbonyl (C=O) groups is 3. The molecule has 624 valence electrons. The van der Waals surface area contributed by atoms with Gasteiger partial charge in [-0.1, -0.05) is 488 Å². The SMILES string of the molecule is CCCCCCCCCC/C=C\CCCCCCCCCCCCCCCCCCCCCCCCCCCCCCCC(=O)OC(COC(=O)CCCCCCCCCCCCCCCCCCCCCCCCCCCCCCCCCCCCCCCCC)COC(OCC[N+](C)(C)C)C(=O)O. The highest BCUT2D eigenvalue weighted by Gasteiger charge is 2.25. The van der Waals surface area contributed by atoms with Crippen molar-refractivity contribution in [2.45, 2.75) is 540 Å². The predicted octanol–water partition coefficient (Wildman–Crippen LogP) is 31.4. The molecule has 0 heterocycles. The Morgan fingerprint density at radius 1 is 0.276 bits per heavy atom. The van der Waals surface area contributed by atoms with E-state index in [4.69, 9.17) is 18.9 Å². The number of hydrogen-bond acceptors (Lipinski definition) is 7. The first-order valence-electron chi connectivity index (χ1n) is 47.9. The smallest absolute Gasteiger partial charge is 0.361 e. The normalized spacial score (nSPS) is 12.5. The third kappa shape index (κ3) is 89.1. The maximum absolute atomic E-state index is 13.0. The number of unbranched alkanes of at least 4 members (excludes halogenated alkanes) is 75. The van der Waals surface area contributed by atoms with Crippen molar-refractivity contribution < 1.29 is 42.9 Å². The predicted molar refractivity (Wildman–Crippen MR) is 457 cm³/mol. The topological polar surface area (TPSA) is 108 Å². The lowest BCUT2D eigenvalue weighted by Crippen LogP contribution is -2.40. The molecule has 1 N–H and O–H groups in total. The third-order valence-electron chi connectivity index (χ3n) is 22.5. The van der Waals surface area contributed by atoms with Crippen LogP contribution in [0.2, 0.25) is 0 Å². The number of carbonyl (C=O) groups excluding carboxylic acids is 2. The molecular weight excluding hydrogens is 1300 g/mol. The zero-order valence-electron chi connectivity index (χ0n) is 72.0. The minimum absolute atomic E-state index is 0.172. The van der Waals surface area contributed by atoms with E-state index < -0.39 is 18.4 Å². The van der Waals surface area contributed by atoms with E-state index in [0.29, 0.717) is 17.4 Å². The van der Waals surface area contributed by atoms with Crippen LogP contribution in [0.4, 0.5) is 0 Å². The van der Waals surface area contributed by atoms with Gasteiger partial charge in [-0.05, 0) is 38.5 Å². The molecule has 0 bridgehead atoms. The molecule has 0 aromatic carbocycles. The average molecular weight is 1480 g/mol. The van der Waals surface area contributed by atoms with Crippen molar-refractivity contribution in [3.63, 3.8) is 0 Å². The number of nitrogens with zero attached hydrogens (tertiary/aromatic N) is 1. The Bertz CT molecular complexity index is 1730. The number of carboxylic acid groups (broad SMARTS) is 1. The number of aliphatic carboxylic acids is 1. The highest BCUT2D eigenvalue weighted by molar-refractivity contribution is 5.71. The monoisotopic (exact) mass is 1480 g/mol. The fourth-order valence-corrected chi connectivity index (χ4v) is 15.3. The van der Waals surface area contributed by atoms with E-state index in [-0.39, 0.29) is 38.2 Å². The Morgan fingerprint density at radius 2 is 0.486 bits per heavy atom. The van der Waals surface area contributed by atoms with Crippen LogP contribution < -0.4 is 0 Å². The van der Waals surface area contributed by atoms with Gasteiger partial charge >= 0.3 is 17.9 Å². The number of likely N-dealkylation sites (N-methyl/N-ethyl adjacent to an activating group) is 1. The Labute approximate surface area is 656 Å². The average Bonchev–Trinajstić information content (AvgIpc) is 1.18. The van der Waals surface area contributed by atoms with Crippen LogP contribution in [0.15, 0.2) is 12.2 Å². The van der Waals surface area contributed by atoms with Crippen molar-refractivity contribution in [1.82, 2.24) is 0 Å². The van der Waals surface area contributed by atoms with E-state index in [2.05, 4.69) is 26.0 Å². The molecule has 0 amide bonds. The lowest BCUT2D eigenvalue weighted by molar-refractivity contribution is -0.870. The number of allylic oxidation sites excluding steroid dienone is 2. The summed E-state index contributed by atoms with van der Waals surface area (Å²) >= 11 is 0. The summed E-state index contributed by atoms with van der Waals surface area (Å²) in [6.45, 7) is 4.99. The Kier molecular flexibility index (Phi) is 86.0. The third-order valence-corrected chi connectivity index (χ3v) is 22.5. The second-order valence-electron chi connectivity index (χ2n) is 34.4.